The summed E-state index contributed by atoms with van der Waals surface area (Å²) in [6.07, 6.45) is 5.71. The molecule has 2 aromatic rings. The van der Waals surface area contributed by atoms with E-state index >= 15 is 0 Å². The van der Waals surface area contributed by atoms with Crippen LogP contribution in [-0.2, 0) is 14.8 Å². The molecule has 0 bridgehead atoms. The molecule has 2 aromatic heterocycles. The maximum atomic E-state index is 11.7. The van der Waals surface area contributed by atoms with Gasteiger partial charge in [-0.25, -0.2) is 23.2 Å². The van der Waals surface area contributed by atoms with Gasteiger partial charge >= 0.3 is 6.09 Å². The fraction of sp³-hybridized carbons (Fsp3) is 0.529. The van der Waals surface area contributed by atoms with Crippen LogP contribution < -0.4 is 15.4 Å². The van der Waals surface area contributed by atoms with E-state index in [0.29, 0.717) is 11.6 Å². The van der Waals surface area contributed by atoms with Crippen molar-refractivity contribution >= 4 is 33.6 Å². The number of carbonyl (C=O) groups excluding carboxylic acids is 1. The highest BCUT2D eigenvalue weighted by Crippen LogP contribution is 2.36. The highest BCUT2D eigenvalue weighted by Gasteiger charge is 2.30. The molecule has 1 fully saturated rings. The molecule has 3 rings (SSSR count). The third-order valence-corrected chi connectivity index (χ3v) is 4.88. The largest absolute Gasteiger partial charge is 0.446 e. The molecule has 1 saturated carbocycles. The van der Waals surface area contributed by atoms with E-state index in [0.717, 1.165) is 31.2 Å². The van der Waals surface area contributed by atoms with Gasteiger partial charge in [-0.2, -0.15) is 5.10 Å². The summed E-state index contributed by atoms with van der Waals surface area (Å²) in [5, 5.41) is 13.0. The molecule has 0 aliphatic heterocycles. The lowest BCUT2D eigenvalue weighted by Crippen LogP contribution is -2.33. The highest BCUT2D eigenvalue weighted by molar-refractivity contribution is 7.92. The number of carbonyl (C=O) groups is 1. The quantitative estimate of drug-likeness (QED) is 0.528. The first-order valence-corrected chi connectivity index (χ1v) is 11.2. The monoisotopic (exact) mass is 423 g/mol. The number of H-pyrrole nitrogens is 1. The molecule has 4 N–H and O–H groups in total. The van der Waals surface area contributed by atoms with Gasteiger partial charge in [0, 0.05) is 23.7 Å². The number of nitrogens with one attached hydrogen (secondary N) is 4. The second kappa shape index (κ2) is 8.64. The lowest BCUT2D eigenvalue weighted by molar-refractivity contribution is 0.0981. The van der Waals surface area contributed by atoms with Crippen LogP contribution in [-0.4, -0.2) is 53.1 Å². The summed E-state index contributed by atoms with van der Waals surface area (Å²) < 4.78 is 30.1. The van der Waals surface area contributed by atoms with Gasteiger partial charge in [-0.1, -0.05) is 0 Å². The van der Waals surface area contributed by atoms with Gasteiger partial charge in [0.25, 0.3) is 0 Å². The molecule has 0 unspecified atom stereocenters. The van der Waals surface area contributed by atoms with Crippen molar-refractivity contribution in [2.24, 2.45) is 0 Å². The van der Waals surface area contributed by atoms with Crippen molar-refractivity contribution in [3.05, 3.63) is 24.2 Å². The van der Waals surface area contributed by atoms with Crippen molar-refractivity contribution in [3.63, 3.8) is 0 Å². The summed E-state index contributed by atoms with van der Waals surface area (Å²) in [5.41, 5.74) is 0.950. The summed E-state index contributed by atoms with van der Waals surface area (Å²) in [6, 6.07) is 1.92. The maximum absolute atomic E-state index is 11.7. The Morgan fingerprint density at radius 2 is 1.93 bits per heavy atom. The lowest BCUT2D eigenvalue weighted by Gasteiger charge is -2.14. The summed E-state index contributed by atoms with van der Waals surface area (Å²) >= 11 is 0. The normalized spacial score (nSPS) is 19.2. The van der Waals surface area contributed by atoms with Gasteiger partial charge in [0.2, 0.25) is 10.0 Å². The maximum Gasteiger partial charge on any atom is 0.407 e. The third-order valence-electron chi connectivity index (χ3n) is 4.30. The van der Waals surface area contributed by atoms with Crippen LogP contribution in [0.1, 0.15) is 44.7 Å². The molecule has 0 saturated heterocycles. The van der Waals surface area contributed by atoms with Crippen LogP contribution in [0.4, 0.5) is 22.2 Å². The Kier molecular flexibility index (Phi) is 6.20. The topological polar surface area (TPSA) is 151 Å². The standard InChI is InChI=1S/C17H25N7O4S/c1-10(2)20-17(25)28-12-5-4-11(6-12)13-7-14(23-22-13)21-15-8-19-16(9-18-15)24-29(3,26)27/h7-12H,4-6H2,1-3H3,(H,19,24)(H,20,25)(H2,18,21,22,23)/t11-,12+/m1/s1. The van der Waals surface area contributed by atoms with Crippen LogP contribution in [0.5, 0.6) is 0 Å². The Morgan fingerprint density at radius 3 is 2.59 bits per heavy atom. The number of aromatic nitrogens is 4. The van der Waals surface area contributed by atoms with Crippen molar-refractivity contribution in [2.75, 3.05) is 16.3 Å². The van der Waals surface area contributed by atoms with Crippen molar-refractivity contribution in [3.8, 4) is 0 Å². The predicted octanol–water partition coefficient (Wildman–Crippen LogP) is 2.09. The second-order valence-electron chi connectivity index (χ2n) is 7.33. The zero-order valence-electron chi connectivity index (χ0n) is 16.5. The molecule has 29 heavy (non-hydrogen) atoms. The molecule has 0 aromatic carbocycles. The zero-order valence-corrected chi connectivity index (χ0v) is 17.3. The van der Waals surface area contributed by atoms with Gasteiger partial charge < -0.3 is 15.4 Å². The number of hydrogen-bond donors (Lipinski definition) is 4. The number of nitrogens with zero attached hydrogens (tertiary/aromatic N) is 3. The van der Waals surface area contributed by atoms with Crippen LogP contribution >= 0.6 is 0 Å². The van der Waals surface area contributed by atoms with Gasteiger partial charge in [-0.15, -0.1) is 0 Å². The SMILES string of the molecule is CC(C)NC(=O)O[C@H]1CC[C@@H](c2cc(Nc3cnc(NS(C)(=O)=O)cn3)n[nH]2)C1. The highest BCUT2D eigenvalue weighted by atomic mass is 32.2. The molecule has 158 valence electrons. The van der Waals surface area contributed by atoms with E-state index in [1.807, 2.05) is 19.9 Å². The van der Waals surface area contributed by atoms with E-state index in [4.69, 9.17) is 4.74 Å². The van der Waals surface area contributed by atoms with Crippen LogP contribution in [0, 0.1) is 0 Å². The second-order valence-corrected chi connectivity index (χ2v) is 9.08. The minimum Gasteiger partial charge on any atom is -0.446 e. The van der Waals surface area contributed by atoms with Crippen molar-refractivity contribution < 1.29 is 17.9 Å². The fourth-order valence-electron chi connectivity index (χ4n) is 3.13. The van der Waals surface area contributed by atoms with E-state index < -0.39 is 10.0 Å². The van der Waals surface area contributed by atoms with Crippen molar-refractivity contribution in [1.29, 1.82) is 0 Å². The minimum atomic E-state index is -3.40. The first-order chi connectivity index (χ1) is 13.7. The number of hydrogen-bond acceptors (Lipinski definition) is 8. The van der Waals surface area contributed by atoms with Crippen LogP contribution in [0.3, 0.4) is 0 Å². The molecule has 2 heterocycles. The van der Waals surface area contributed by atoms with E-state index in [2.05, 4.69) is 35.5 Å². The molecule has 11 nitrogen and oxygen atoms in total. The third kappa shape index (κ3) is 6.31. The number of aromatic amines is 1. The minimum absolute atomic E-state index is 0.0419. The van der Waals surface area contributed by atoms with E-state index in [9.17, 15) is 13.2 Å². The van der Waals surface area contributed by atoms with Gasteiger partial charge in [0.05, 0.1) is 18.6 Å². The Balaban J connectivity index is 1.54. The van der Waals surface area contributed by atoms with Crippen LogP contribution in [0.15, 0.2) is 18.5 Å². The van der Waals surface area contributed by atoms with Crippen LogP contribution in [0.25, 0.3) is 0 Å². The van der Waals surface area contributed by atoms with E-state index in [1.165, 1.54) is 12.4 Å². The van der Waals surface area contributed by atoms with Crippen molar-refractivity contribution in [1.82, 2.24) is 25.5 Å². The fourth-order valence-corrected chi connectivity index (χ4v) is 3.61. The molecular formula is C17H25N7O4S. The first kappa shape index (κ1) is 20.8. The molecule has 1 aliphatic rings. The number of alkyl carbamates (subject to hydrolysis) is 1. The Bertz CT molecular complexity index is 943. The Morgan fingerprint density at radius 1 is 1.21 bits per heavy atom. The van der Waals surface area contributed by atoms with Gasteiger partial charge in [0.1, 0.15) is 11.9 Å². The summed E-state index contributed by atoms with van der Waals surface area (Å²) in [7, 11) is -3.40. The van der Waals surface area contributed by atoms with E-state index in [1.54, 1.807) is 0 Å². The number of ether oxygens (including phenoxy) is 1. The number of rotatable bonds is 7. The molecule has 1 aliphatic carbocycles. The predicted molar refractivity (Wildman–Crippen MR) is 108 cm³/mol. The smallest absolute Gasteiger partial charge is 0.407 e. The molecular weight excluding hydrogens is 398 g/mol. The molecule has 1 amide bonds. The zero-order chi connectivity index (χ0) is 21.0. The summed E-state index contributed by atoms with van der Waals surface area (Å²) in [4.78, 5) is 19.9. The Hall–Kier alpha value is -2.89. The average molecular weight is 423 g/mol. The molecule has 0 radical (unpaired) electrons. The first-order valence-electron chi connectivity index (χ1n) is 9.27. The number of sulfonamides is 1. The molecule has 0 spiro atoms. The van der Waals surface area contributed by atoms with Crippen molar-refractivity contribution in [2.45, 2.75) is 51.2 Å². The average Bonchev–Trinajstić information content (AvgIpc) is 3.24. The van der Waals surface area contributed by atoms with Crippen LogP contribution in [0.2, 0.25) is 0 Å². The number of amides is 1. The summed E-state index contributed by atoms with van der Waals surface area (Å²) in [6.45, 7) is 3.77. The van der Waals surface area contributed by atoms with Gasteiger partial charge in [0.15, 0.2) is 11.6 Å². The Labute approximate surface area is 169 Å². The van der Waals surface area contributed by atoms with E-state index in [-0.39, 0.29) is 30.0 Å². The van der Waals surface area contributed by atoms with Gasteiger partial charge in [-0.05, 0) is 33.1 Å². The van der Waals surface area contributed by atoms with Gasteiger partial charge in [-0.3, -0.25) is 9.82 Å². The summed E-state index contributed by atoms with van der Waals surface area (Å²) in [5.74, 6) is 1.36. The number of anilines is 3. The molecule has 2 atom stereocenters. The lowest BCUT2D eigenvalue weighted by atomic mass is 10.0. The molecule has 12 heteroatoms.